The smallest absolute Gasteiger partial charge is 0.290 e. The number of carbonyl (C=O) groups excluding carboxylic acids is 1. The van der Waals surface area contributed by atoms with Gasteiger partial charge >= 0.3 is 0 Å². The molecule has 0 saturated heterocycles. The third-order valence-corrected chi connectivity index (χ3v) is 3.68. The Bertz CT molecular complexity index is 835. The van der Waals surface area contributed by atoms with Crippen molar-refractivity contribution in [2.45, 2.75) is 13.1 Å². The fourth-order valence-electron chi connectivity index (χ4n) is 2.56. The number of amides is 1. The van der Waals surface area contributed by atoms with Gasteiger partial charge in [0, 0.05) is 24.2 Å². The Hall–Kier alpha value is -2.83. The molecule has 0 radical (unpaired) electrons. The second-order valence-corrected chi connectivity index (χ2v) is 5.08. The van der Waals surface area contributed by atoms with Crippen LogP contribution in [-0.2, 0) is 13.1 Å². The van der Waals surface area contributed by atoms with Crippen molar-refractivity contribution >= 4 is 22.6 Å². The van der Waals surface area contributed by atoms with Gasteiger partial charge in [-0.15, -0.1) is 10.2 Å². The summed E-state index contributed by atoms with van der Waals surface area (Å²) < 4.78 is 7.57. The summed E-state index contributed by atoms with van der Waals surface area (Å²) in [6.45, 7) is 1.75. The van der Waals surface area contributed by atoms with Crippen LogP contribution in [0.5, 0.6) is 0 Å². The molecule has 1 aliphatic heterocycles. The maximum Gasteiger partial charge on any atom is 0.290 e. The number of nitrogens with two attached hydrogens (primary N) is 1. The van der Waals surface area contributed by atoms with E-state index in [0.717, 1.165) is 11.2 Å². The summed E-state index contributed by atoms with van der Waals surface area (Å²) in [6.07, 6.45) is 1.68. The number of nitrogen functional groups attached to an aromatic ring is 1. The largest absolute Gasteiger partial charge is 0.451 e. The molecule has 1 aliphatic rings. The number of hydrogen-bond acceptors (Lipinski definition) is 5. The molecule has 0 unspecified atom stereocenters. The number of nitrogens with zero attached hydrogens (tertiary/aromatic N) is 4. The van der Waals surface area contributed by atoms with Crippen LogP contribution in [0, 0.1) is 0 Å². The van der Waals surface area contributed by atoms with Crippen molar-refractivity contribution in [2.24, 2.45) is 0 Å². The van der Waals surface area contributed by atoms with Crippen LogP contribution < -0.4 is 5.73 Å². The molecule has 0 spiro atoms. The van der Waals surface area contributed by atoms with Crippen LogP contribution in [0.4, 0.5) is 5.69 Å². The summed E-state index contributed by atoms with van der Waals surface area (Å²) in [5.41, 5.74) is 7.04. The van der Waals surface area contributed by atoms with Gasteiger partial charge in [0.25, 0.3) is 5.91 Å². The van der Waals surface area contributed by atoms with Gasteiger partial charge in [-0.2, -0.15) is 0 Å². The van der Waals surface area contributed by atoms with Crippen LogP contribution >= 0.6 is 0 Å². The Morgan fingerprint density at radius 3 is 3.10 bits per heavy atom. The van der Waals surface area contributed by atoms with Crippen molar-refractivity contribution in [3.8, 4) is 0 Å². The molecule has 2 aromatic heterocycles. The SMILES string of the molecule is Nc1ccc2oc(C(=O)N3CCn4cnnc4C3)cc2c1. The zero-order chi connectivity index (χ0) is 14.4. The van der Waals surface area contributed by atoms with Gasteiger partial charge in [0.1, 0.15) is 11.9 Å². The number of aromatic nitrogens is 3. The standard InChI is InChI=1S/C14H13N5O2/c15-10-1-2-11-9(5-10)6-12(21-11)14(20)18-3-4-19-8-16-17-13(19)7-18/h1-2,5-6,8H,3-4,7,15H2. The molecule has 1 aromatic carbocycles. The molecule has 0 atom stereocenters. The van der Waals surface area contributed by atoms with Crippen molar-refractivity contribution in [1.82, 2.24) is 19.7 Å². The van der Waals surface area contributed by atoms with Gasteiger partial charge in [0.15, 0.2) is 11.6 Å². The van der Waals surface area contributed by atoms with Gasteiger partial charge in [-0.1, -0.05) is 0 Å². The molecular formula is C14H13N5O2. The highest BCUT2D eigenvalue weighted by molar-refractivity contribution is 5.96. The summed E-state index contributed by atoms with van der Waals surface area (Å²) in [6, 6.07) is 7.05. The molecule has 106 valence electrons. The highest BCUT2D eigenvalue weighted by Crippen LogP contribution is 2.23. The third kappa shape index (κ3) is 1.94. The van der Waals surface area contributed by atoms with Crippen molar-refractivity contribution in [2.75, 3.05) is 12.3 Å². The number of furan rings is 1. The normalized spacial score (nSPS) is 14.4. The predicted molar refractivity (Wildman–Crippen MR) is 75.4 cm³/mol. The summed E-state index contributed by atoms with van der Waals surface area (Å²) in [4.78, 5) is 14.2. The van der Waals surface area contributed by atoms with Gasteiger partial charge in [-0.25, -0.2) is 0 Å². The van der Waals surface area contributed by atoms with E-state index < -0.39 is 0 Å². The van der Waals surface area contributed by atoms with E-state index >= 15 is 0 Å². The first-order chi connectivity index (χ1) is 10.2. The fourth-order valence-corrected chi connectivity index (χ4v) is 2.56. The van der Waals surface area contributed by atoms with E-state index in [1.54, 1.807) is 35.5 Å². The molecule has 4 rings (SSSR count). The molecule has 0 saturated carbocycles. The lowest BCUT2D eigenvalue weighted by atomic mass is 10.2. The Kier molecular flexibility index (Phi) is 2.47. The minimum atomic E-state index is -0.140. The predicted octanol–water partition coefficient (Wildman–Crippen LogP) is 1.26. The fraction of sp³-hybridized carbons (Fsp3) is 0.214. The first kappa shape index (κ1) is 12.0. The topological polar surface area (TPSA) is 90.2 Å². The molecule has 3 aromatic rings. The molecule has 0 fully saturated rings. The Morgan fingerprint density at radius 1 is 1.29 bits per heavy atom. The maximum absolute atomic E-state index is 12.5. The van der Waals surface area contributed by atoms with E-state index in [1.807, 2.05) is 4.57 Å². The minimum Gasteiger partial charge on any atom is -0.451 e. The highest BCUT2D eigenvalue weighted by Gasteiger charge is 2.25. The van der Waals surface area contributed by atoms with Crippen molar-refractivity contribution in [3.63, 3.8) is 0 Å². The van der Waals surface area contributed by atoms with Gasteiger partial charge < -0.3 is 19.6 Å². The Balaban J connectivity index is 1.64. The Morgan fingerprint density at radius 2 is 2.19 bits per heavy atom. The average Bonchev–Trinajstić information content (AvgIpc) is 3.11. The van der Waals surface area contributed by atoms with E-state index in [4.69, 9.17) is 10.2 Å². The lowest BCUT2D eigenvalue weighted by Crippen LogP contribution is -2.38. The van der Waals surface area contributed by atoms with E-state index in [2.05, 4.69) is 10.2 Å². The van der Waals surface area contributed by atoms with Crippen LogP contribution in [-0.4, -0.2) is 32.1 Å². The molecule has 2 N–H and O–H groups in total. The monoisotopic (exact) mass is 283 g/mol. The molecule has 7 heteroatoms. The molecule has 0 aliphatic carbocycles. The number of carbonyl (C=O) groups is 1. The Labute approximate surface area is 120 Å². The zero-order valence-electron chi connectivity index (χ0n) is 11.2. The highest BCUT2D eigenvalue weighted by atomic mass is 16.3. The second-order valence-electron chi connectivity index (χ2n) is 5.08. The van der Waals surface area contributed by atoms with Crippen LogP contribution in [0.2, 0.25) is 0 Å². The minimum absolute atomic E-state index is 0.140. The van der Waals surface area contributed by atoms with Crippen LogP contribution in [0.3, 0.4) is 0 Å². The van der Waals surface area contributed by atoms with Crippen molar-refractivity contribution in [1.29, 1.82) is 0 Å². The van der Waals surface area contributed by atoms with Crippen LogP contribution in [0.25, 0.3) is 11.0 Å². The summed E-state index contributed by atoms with van der Waals surface area (Å²) in [5.74, 6) is 0.970. The van der Waals surface area contributed by atoms with E-state index in [9.17, 15) is 4.79 Å². The molecule has 21 heavy (non-hydrogen) atoms. The lowest BCUT2D eigenvalue weighted by Gasteiger charge is -2.26. The average molecular weight is 283 g/mol. The van der Waals surface area contributed by atoms with Crippen molar-refractivity contribution in [3.05, 3.63) is 42.2 Å². The second kappa shape index (κ2) is 4.34. The molecule has 1 amide bonds. The van der Waals surface area contributed by atoms with Gasteiger partial charge in [0.2, 0.25) is 0 Å². The van der Waals surface area contributed by atoms with E-state index in [0.29, 0.717) is 36.7 Å². The summed E-state index contributed by atoms with van der Waals surface area (Å²) in [5, 5.41) is 8.69. The van der Waals surface area contributed by atoms with Crippen LogP contribution in [0.1, 0.15) is 16.4 Å². The van der Waals surface area contributed by atoms with Gasteiger partial charge in [-0.05, 0) is 24.3 Å². The molecular weight excluding hydrogens is 270 g/mol. The number of fused-ring (bicyclic) bond motifs is 2. The number of rotatable bonds is 1. The molecule has 7 nitrogen and oxygen atoms in total. The first-order valence-electron chi connectivity index (χ1n) is 6.66. The number of anilines is 1. The summed E-state index contributed by atoms with van der Waals surface area (Å²) >= 11 is 0. The van der Waals surface area contributed by atoms with E-state index in [-0.39, 0.29) is 5.91 Å². The maximum atomic E-state index is 12.5. The van der Waals surface area contributed by atoms with Crippen molar-refractivity contribution < 1.29 is 9.21 Å². The first-order valence-corrected chi connectivity index (χ1v) is 6.66. The van der Waals surface area contributed by atoms with Gasteiger partial charge in [0.05, 0.1) is 6.54 Å². The van der Waals surface area contributed by atoms with E-state index in [1.165, 1.54) is 0 Å². The van der Waals surface area contributed by atoms with Crippen LogP contribution in [0.15, 0.2) is 35.0 Å². The number of hydrogen-bond donors (Lipinski definition) is 1. The molecule has 0 bridgehead atoms. The quantitative estimate of drug-likeness (QED) is 0.679. The lowest BCUT2D eigenvalue weighted by molar-refractivity contribution is 0.0677. The molecule has 3 heterocycles. The number of benzene rings is 1. The zero-order valence-corrected chi connectivity index (χ0v) is 11.2. The summed E-state index contributed by atoms with van der Waals surface area (Å²) in [7, 11) is 0. The third-order valence-electron chi connectivity index (χ3n) is 3.68. The van der Waals surface area contributed by atoms with Gasteiger partial charge in [-0.3, -0.25) is 4.79 Å².